The monoisotopic (exact) mass is 299 g/mol. The van der Waals surface area contributed by atoms with Crippen molar-refractivity contribution in [1.29, 1.82) is 0 Å². The number of thioether (sulfide) groups is 1. The minimum Gasteiger partial charge on any atom is -0.394 e. The number of nitrogens with zero attached hydrogens (tertiary/aromatic N) is 3. The number of aliphatic hydroxyl groups is 3. The highest BCUT2D eigenvalue weighted by atomic mass is 32.2. The first-order valence-electron chi connectivity index (χ1n) is 5.85. The number of nitrogen functional groups attached to an aromatic ring is 1. The summed E-state index contributed by atoms with van der Waals surface area (Å²) in [6.07, 6.45) is -1.75. The van der Waals surface area contributed by atoms with Crippen LogP contribution in [0, 0.1) is 0 Å². The molecule has 3 rings (SSSR count). The standard InChI is InChI=1S/C10H13N5O4S/c11-7-4-8(13-2-12-7)15-10(14-4)20-9-6(18)5(17)3(1-16)19-9/h2-3,5-6,9,16-18H,1H2,(H3,11,12,13,14,15)/t3-,5-,6-,9+/m1/s1. The third-order valence-electron chi connectivity index (χ3n) is 3.02. The average molecular weight is 299 g/mol. The molecule has 0 spiro atoms. The average Bonchev–Trinajstić information content (AvgIpc) is 2.96. The second-order valence-electron chi connectivity index (χ2n) is 4.32. The molecule has 0 aromatic carbocycles. The van der Waals surface area contributed by atoms with Crippen LogP contribution in [0.2, 0.25) is 0 Å². The van der Waals surface area contributed by atoms with Gasteiger partial charge in [0, 0.05) is 0 Å². The Hall–Kier alpha value is -1.46. The van der Waals surface area contributed by atoms with Gasteiger partial charge in [0.15, 0.2) is 16.6 Å². The molecule has 1 saturated heterocycles. The quantitative estimate of drug-likeness (QED) is 0.454. The number of anilines is 1. The van der Waals surface area contributed by atoms with Gasteiger partial charge in [-0.1, -0.05) is 11.8 Å². The predicted molar refractivity (Wildman–Crippen MR) is 69.7 cm³/mol. The van der Waals surface area contributed by atoms with Gasteiger partial charge in [-0.15, -0.1) is 0 Å². The molecular weight excluding hydrogens is 286 g/mol. The van der Waals surface area contributed by atoms with E-state index < -0.39 is 23.7 Å². The van der Waals surface area contributed by atoms with Crippen molar-refractivity contribution in [2.24, 2.45) is 0 Å². The first-order valence-corrected chi connectivity index (χ1v) is 6.73. The third kappa shape index (κ3) is 2.21. The van der Waals surface area contributed by atoms with Gasteiger partial charge in [0.05, 0.1) is 6.61 Å². The van der Waals surface area contributed by atoms with Crippen molar-refractivity contribution >= 4 is 28.7 Å². The molecule has 0 aliphatic carbocycles. The van der Waals surface area contributed by atoms with Crippen molar-refractivity contribution in [3.8, 4) is 0 Å². The molecule has 6 N–H and O–H groups in total. The first-order chi connectivity index (χ1) is 9.60. The lowest BCUT2D eigenvalue weighted by Crippen LogP contribution is -2.33. The Kier molecular flexibility index (Phi) is 3.48. The number of imidazole rings is 1. The summed E-state index contributed by atoms with van der Waals surface area (Å²) in [6.45, 7) is -0.367. The zero-order valence-corrected chi connectivity index (χ0v) is 11.0. The highest BCUT2D eigenvalue weighted by Gasteiger charge is 2.43. The number of aliphatic hydroxyl groups excluding tert-OH is 3. The van der Waals surface area contributed by atoms with E-state index in [0.717, 1.165) is 11.8 Å². The Morgan fingerprint density at radius 2 is 2.15 bits per heavy atom. The van der Waals surface area contributed by atoms with Crippen LogP contribution in [0.3, 0.4) is 0 Å². The molecule has 0 unspecified atom stereocenters. The SMILES string of the molecule is Nc1ncnc2nc(S[C@@H]3O[C@H](CO)[C@@H](O)[C@H]3O)[nH]c12. The van der Waals surface area contributed by atoms with E-state index in [-0.39, 0.29) is 12.4 Å². The number of hydrogen-bond acceptors (Lipinski definition) is 9. The van der Waals surface area contributed by atoms with Crippen LogP contribution in [0.15, 0.2) is 11.5 Å². The largest absolute Gasteiger partial charge is 0.394 e. The summed E-state index contributed by atoms with van der Waals surface area (Å²) in [4.78, 5) is 14.9. The Morgan fingerprint density at radius 1 is 1.35 bits per heavy atom. The molecule has 0 amide bonds. The maximum Gasteiger partial charge on any atom is 0.183 e. The van der Waals surface area contributed by atoms with Crippen molar-refractivity contribution in [2.75, 3.05) is 12.3 Å². The molecule has 4 atom stereocenters. The zero-order chi connectivity index (χ0) is 14.3. The maximum absolute atomic E-state index is 9.85. The number of fused-ring (bicyclic) bond motifs is 1. The maximum atomic E-state index is 9.85. The van der Waals surface area contributed by atoms with E-state index in [1.165, 1.54) is 6.33 Å². The lowest BCUT2D eigenvalue weighted by atomic mass is 10.2. The van der Waals surface area contributed by atoms with Crippen molar-refractivity contribution in [1.82, 2.24) is 19.9 Å². The number of H-pyrrole nitrogens is 1. The van der Waals surface area contributed by atoms with Crippen molar-refractivity contribution < 1.29 is 20.1 Å². The van der Waals surface area contributed by atoms with Gasteiger partial charge in [0.2, 0.25) is 0 Å². The van der Waals surface area contributed by atoms with E-state index in [2.05, 4.69) is 19.9 Å². The van der Waals surface area contributed by atoms with Gasteiger partial charge < -0.3 is 30.8 Å². The molecule has 2 aromatic heterocycles. The molecule has 10 heteroatoms. The van der Waals surface area contributed by atoms with E-state index >= 15 is 0 Å². The lowest BCUT2D eigenvalue weighted by molar-refractivity contribution is -0.00810. The summed E-state index contributed by atoms with van der Waals surface area (Å²) in [5.41, 5.74) is 5.86. The molecule has 108 valence electrons. The smallest absolute Gasteiger partial charge is 0.183 e. The van der Waals surface area contributed by atoms with Gasteiger partial charge in [0.25, 0.3) is 0 Å². The Bertz CT molecular complexity index is 623. The number of nitrogens with two attached hydrogens (primary N) is 1. The first kappa shape index (κ1) is 13.5. The molecule has 1 fully saturated rings. The molecule has 20 heavy (non-hydrogen) atoms. The van der Waals surface area contributed by atoms with Gasteiger partial charge in [-0.3, -0.25) is 0 Å². The van der Waals surface area contributed by atoms with Gasteiger partial charge in [-0.05, 0) is 0 Å². The number of nitrogens with one attached hydrogen (secondary N) is 1. The van der Waals surface area contributed by atoms with Gasteiger partial charge >= 0.3 is 0 Å². The number of aromatic amines is 1. The summed E-state index contributed by atoms with van der Waals surface area (Å²) in [5.74, 6) is 0.274. The van der Waals surface area contributed by atoms with Crippen molar-refractivity contribution in [3.63, 3.8) is 0 Å². The highest BCUT2D eigenvalue weighted by molar-refractivity contribution is 7.99. The zero-order valence-electron chi connectivity index (χ0n) is 10.2. The third-order valence-corrected chi connectivity index (χ3v) is 4.06. The van der Waals surface area contributed by atoms with E-state index in [9.17, 15) is 10.2 Å². The molecule has 0 bridgehead atoms. The highest BCUT2D eigenvalue weighted by Crippen LogP contribution is 2.33. The molecule has 1 aliphatic heterocycles. The van der Waals surface area contributed by atoms with E-state index in [0.29, 0.717) is 16.3 Å². The fourth-order valence-electron chi connectivity index (χ4n) is 1.95. The number of rotatable bonds is 3. The molecule has 0 saturated carbocycles. The van der Waals surface area contributed by atoms with Crippen LogP contribution >= 0.6 is 11.8 Å². The summed E-state index contributed by atoms with van der Waals surface area (Å²) in [5, 5.41) is 29.0. The number of aromatic nitrogens is 4. The molecule has 1 aliphatic rings. The van der Waals surface area contributed by atoms with Crippen LogP contribution in [0.4, 0.5) is 5.82 Å². The van der Waals surface area contributed by atoms with Gasteiger partial charge in [0.1, 0.15) is 35.6 Å². The van der Waals surface area contributed by atoms with Crippen molar-refractivity contribution in [2.45, 2.75) is 28.9 Å². The van der Waals surface area contributed by atoms with Crippen LogP contribution in [0.1, 0.15) is 0 Å². The van der Waals surface area contributed by atoms with E-state index in [1.807, 2.05) is 0 Å². The van der Waals surface area contributed by atoms with Crippen molar-refractivity contribution in [3.05, 3.63) is 6.33 Å². The summed E-state index contributed by atoms with van der Waals surface area (Å²) in [6, 6.07) is 0. The Balaban J connectivity index is 1.81. The van der Waals surface area contributed by atoms with Crippen LogP contribution in [-0.4, -0.2) is 65.6 Å². The van der Waals surface area contributed by atoms with Crippen LogP contribution < -0.4 is 5.73 Å². The predicted octanol–water partition coefficient (Wildman–Crippen LogP) is -1.53. The molecule has 2 aromatic rings. The fraction of sp³-hybridized carbons (Fsp3) is 0.500. The minimum atomic E-state index is -1.13. The number of ether oxygens (including phenoxy) is 1. The van der Waals surface area contributed by atoms with E-state index in [1.54, 1.807) is 0 Å². The topological polar surface area (TPSA) is 150 Å². The lowest BCUT2D eigenvalue weighted by Gasteiger charge is -2.11. The van der Waals surface area contributed by atoms with E-state index in [4.69, 9.17) is 15.6 Å². The van der Waals surface area contributed by atoms with Gasteiger partial charge in [-0.25, -0.2) is 15.0 Å². The Labute approximate surface area is 117 Å². The molecule has 0 radical (unpaired) electrons. The summed E-state index contributed by atoms with van der Waals surface area (Å²) in [7, 11) is 0. The molecular formula is C10H13N5O4S. The summed E-state index contributed by atoms with van der Waals surface area (Å²) >= 11 is 1.08. The minimum absolute atomic E-state index is 0.274. The van der Waals surface area contributed by atoms with Crippen LogP contribution in [-0.2, 0) is 4.74 Å². The van der Waals surface area contributed by atoms with Crippen LogP contribution in [0.5, 0.6) is 0 Å². The Morgan fingerprint density at radius 3 is 2.80 bits per heavy atom. The fourth-order valence-corrected chi connectivity index (χ4v) is 2.97. The second-order valence-corrected chi connectivity index (χ2v) is 5.41. The normalized spacial score (nSPS) is 30.1. The number of hydrogen-bond donors (Lipinski definition) is 5. The second kappa shape index (κ2) is 5.14. The molecule has 3 heterocycles. The summed E-state index contributed by atoms with van der Waals surface area (Å²) < 4.78 is 5.35. The molecule has 9 nitrogen and oxygen atoms in total. The van der Waals surface area contributed by atoms with Crippen LogP contribution in [0.25, 0.3) is 11.2 Å². The van der Waals surface area contributed by atoms with Gasteiger partial charge in [-0.2, -0.15) is 0 Å².